The number of rotatable bonds is 8. The highest BCUT2D eigenvalue weighted by Gasteiger charge is 2.38. The lowest BCUT2D eigenvalue weighted by Crippen LogP contribution is -2.21. The van der Waals surface area contributed by atoms with E-state index in [0.29, 0.717) is 0 Å². The van der Waals surface area contributed by atoms with E-state index in [2.05, 4.69) is 35.8 Å². The molecule has 1 N–H and O–H groups in total. The molecule has 0 atom stereocenters. The molecule has 2 aromatic carbocycles. The summed E-state index contributed by atoms with van der Waals surface area (Å²) in [4.78, 5) is 13.6. The molecule has 0 radical (unpaired) electrons. The number of hydrogen-bond acceptors (Lipinski definition) is 4. The first-order valence-corrected chi connectivity index (χ1v) is 10.3. The highest BCUT2D eigenvalue weighted by molar-refractivity contribution is 5.73. The van der Waals surface area contributed by atoms with Crippen molar-refractivity contribution in [2.75, 3.05) is 14.2 Å². The summed E-state index contributed by atoms with van der Waals surface area (Å²) in [7, 11) is 3.41. The normalized spacial score (nSPS) is 10.8. The standard InChI is InChI=1S/C22H26N2O2.C2HF3O2/c1-4-7-20-22(18-10-12-19(25-2)13-11-18)23-16-24(20)15-14-17-8-5-6-9-21(17)26-3;3-2(4,5)1(6)7/h5-6,8-13,16H,4,7,14-15H2,1-3H3;(H,6,7). The maximum atomic E-state index is 10.6. The molecular weight excluding hydrogens is 437 g/mol. The second kappa shape index (κ2) is 11.9. The Morgan fingerprint density at radius 3 is 2.21 bits per heavy atom. The van der Waals surface area contributed by atoms with Gasteiger partial charge in [0, 0.05) is 17.8 Å². The van der Waals surface area contributed by atoms with Crippen LogP contribution in [0.2, 0.25) is 0 Å². The lowest BCUT2D eigenvalue weighted by molar-refractivity contribution is -0.192. The van der Waals surface area contributed by atoms with Crippen LogP contribution in [-0.2, 0) is 24.2 Å². The number of carboxylic acids is 1. The van der Waals surface area contributed by atoms with E-state index in [1.807, 2.05) is 30.6 Å². The van der Waals surface area contributed by atoms with Gasteiger partial charge in [-0.15, -0.1) is 0 Å². The smallest absolute Gasteiger partial charge is 0.490 e. The summed E-state index contributed by atoms with van der Waals surface area (Å²) in [6.07, 6.45) is -0.115. The number of aliphatic carboxylic acids is 1. The second-order valence-electron chi connectivity index (χ2n) is 7.08. The number of carbonyl (C=O) groups is 1. The largest absolute Gasteiger partial charge is 0.497 e. The number of aryl methyl sites for hydroxylation is 2. The van der Waals surface area contributed by atoms with Crippen LogP contribution >= 0.6 is 0 Å². The Morgan fingerprint density at radius 1 is 1.03 bits per heavy atom. The first kappa shape index (κ1) is 25.8. The van der Waals surface area contributed by atoms with Crippen LogP contribution in [0.15, 0.2) is 54.9 Å². The predicted octanol–water partition coefficient (Wildman–Crippen LogP) is 5.40. The monoisotopic (exact) mass is 464 g/mol. The minimum absolute atomic E-state index is 0.862. The molecule has 0 aliphatic heterocycles. The Hall–Kier alpha value is -3.49. The number of alkyl halides is 3. The zero-order chi connectivity index (χ0) is 24.4. The zero-order valence-corrected chi connectivity index (χ0v) is 18.7. The van der Waals surface area contributed by atoms with Gasteiger partial charge in [-0.05, 0) is 48.7 Å². The van der Waals surface area contributed by atoms with Gasteiger partial charge in [-0.25, -0.2) is 9.78 Å². The summed E-state index contributed by atoms with van der Waals surface area (Å²) in [6.45, 7) is 3.09. The first-order valence-electron chi connectivity index (χ1n) is 10.3. The van der Waals surface area contributed by atoms with Gasteiger partial charge in [-0.1, -0.05) is 31.5 Å². The second-order valence-corrected chi connectivity index (χ2v) is 7.08. The van der Waals surface area contributed by atoms with E-state index in [-0.39, 0.29) is 0 Å². The number of aromatic nitrogens is 2. The fraction of sp³-hybridized carbons (Fsp3) is 0.333. The molecule has 1 heterocycles. The van der Waals surface area contributed by atoms with Crippen molar-refractivity contribution in [3.8, 4) is 22.8 Å². The van der Waals surface area contributed by atoms with Crippen molar-refractivity contribution in [1.82, 2.24) is 9.55 Å². The summed E-state index contributed by atoms with van der Waals surface area (Å²) in [6, 6.07) is 16.3. The quantitative estimate of drug-likeness (QED) is 0.484. The minimum Gasteiger partial charge on any atom is -0.497 e. The number of carboxylic acid groups (broad SMARTS) is 1. The van der Waals surface area contributed by atoms with E-state index >= 15 is 0 Å². The maximum Gasteiger partial charge on any atom is 0.490 e. The molecule has 0 fully saturated rings. The molecule has 0 saturated carbocycles. The molecule has 3 rings (SSSR count). The number of imidazole rings is 1. The van der Waals surface area contributed by atoms with Crippen LogP contribution in [0, 0.1) is 0 Å². The maximum absolute atomic E-state index is 10.6. The molecule has 0 spiro atoms. The first-order chi connectivity index (χ1) is 15.7. The van der Waals surface area contributed by atoms with Crippen molar-refractivity contribution in [1.29, 1.82) is 0 Å². The van der Waals surface area contributed by atoms with Crippen LogP contribution in [0.4, 0.5) is 13.2 Å². The van der Waals surface area contributed by atoms with Gasteiger partial charge in [0.05, 0.1) is 26.2 Å². The third-order valence-corrected chi connectivity index (χ3v) is 4.85. The van der Waals surface area contributed by atoms with Crippen LogP contribution in [-0.4, -0.2) is 41.0 Å². The average molecular weight is 464 g/mol. The van der Waals surface area contributed by atoms with Gasteiger partial charge in [0.1, 0.15) is 11.5 Å². The van der Waals surface area contributed by atoms with Crippen LogP contribution in [0.25, 0.3) is 11.3 Å². The molecule has 0 aliphatic carbocycles. The topological polar surface area (TPSA) is 73.6 Å². The molecule has 0 amide bonds. The van der Waals surface area contributed by atoms with Gasteiger partial charge in [-0.2, -0.15) is 13.2 Å². The SMILES string of the molecule is CCCc1c(-c2ccc(OC)cc2)ncn1CCc1ccccc1OC.O=C(O)C(F)(F)F. The number of ether oxygens (including phenoxy) is 2. The summed E-state index contributed by atoms with van der Waals surface area (Å²) in [5.74, 6) is -0.950. The van der Waals surface area contributed by atoms with Gasteiger partial charge in [-0.3, -0.25) is 0 Å². The minimum atomic E-state index is -5.08. The van der Waals surface area contributed by atoms with E-state index in [1.54, 1.807) is 14.2 Å². The summed E-state index contributed by atoms with van der Waals surface area (Å²) in [5.41, 5.74) is 4.70. The van der Waals surface area contributed by atoms with Crippen molar-refractivity contribution in [2.45, 2.75) is 38.9 Å². The van der Waals surface area contributed by atoms with Crippen molar-refractivity contribution in [3.05, 3.63) is 66.1 Å². The molecule has 33 heavy (non-hydrogen) atoms. The molecule has 3 aromatic rings. The Morgan fingerprint density at radius 2 is 1.67 bits per heavy atom. The molecule has 178 valence electrons. The molecule has 0 bridgehead atoms. The van der Waals surface area contributed by atoms with E-state index in [4.69, 9.17) is 24.4 Å². The molecule has 0 aliphatic rings. The van der Waals surface area contributed by atoms with Crippen LogP contribution < -0.4 is 9.47 Å². The molecular formula is C24H27F3N2O4. The van der Waals surface area contributed by atoms with Gasteiger partial charge < -0.3 is 19.1 Å². The number of hydrogen-bond donors (Lipinski definition) is 1. The van der Waals surface area contributed by atoms with Crippen molar-refractivity contribution in [3.63, 3.8) is 0 Å². The Labute approximate surface area is 190 Å². The molecule has 1 aromatic heterocycles. The van der Waals surface area contributed by atoms with Crippen LogP contribution in [0.5, 0.6) is 11.5 Å². The lowest BCUT2D eigenvalue weighted by atomic mass is 10.1. The highest BCUT2D eigenvalue weighted by atomic mass is 19.4. The van der Waals surface area contributed by atoms with Crippen LogP contribution in [0.3, 0.4) is 0 Å². The number of methoxy groups -OCH3 is 2. The van der Waals surface area contributed by atoms with Crippen LogP contribution in [0.1, 0.15) is 24.6 Å². The number of benzene rings is 2. The fourth-order valence-electron chi connectivity index (χ4n) is 3.24. The van der Waals surface area contributed by atoms with Gasteiger partial charge in [0.2, 0.25) is 0 Å². The summed E-state index contributed by atoms with van der Waals surface area (Å²) < 4.78 is 44.7. The average Bonchev–Trinajstić information content (AvgIpc) is 3.20. The summed E-state index contributed by atoms with van der Waals surface area (Å²) in [5, 5.41) is 7.12. The lowest BCUT2D eigenvalue weighted by Gasteiger charge is -2.12. The Balaban J connectivity index is 0.000000479. The van der Waals surface area contributed by atoms with Crippen molar-refractivity contribution >= 4 is 5.97 Å². The number of halogens is 3. The Bertz CT molecular complexity index is 1030. The predicted molar refractivity (Wildman–Crippen MR) is 119 cm³/mol. The van der Waals surface area contributed by atoms with Gasteiger partial charge in [0.15, 0.2) is 0 Å². The van der Waals surface area contributed by atoms with E-state index < -0.39 is 12.1 Å². The van der Waals surface area contributed by atoms with E-state index in [0.717, 1.165) is 48.6 Å². The van der Waals surface area contributed by atoms with Crippen molar-refractivity contribution in [2.24, 2.45) is 0 Å². The van der Waals surface area contributed by atoms with Gasteiger partial charge >= 0.3 is 12.1 Å². The molecule has 6 nitrogen and oxygen atoms in total. The number of nitrogens with zero attached hydrogens (tertiary/aromatic N) is 2. The van der Waals surface area contributed by atoms with E-state index in [1.165, 1.54) is 11.3 Å². The van der Waals surface area contributed by atoms with Gasteiger partial charge in [0.25, 0.3) is 0 Å². The number of para-hydroxylation sites is 1. The zero-order valence-electron chi connectivity index (χ0n) is 18.7. The van der Waals surface area contributed by atoms with E-state index in [9.17, 15) is 13.2 Å². The summed E-state index contributed by atoms with van der Waals surface area (Å²) >= 11 is 0. The molecule has 0 unspecified atom stereocenters. The molecule has 0 saturated heterocycles. The highest BCUT2D eigenvalue weighted by Crippen LogP contribution is 2.26. The Kier molecular flexibility index (Phi) is 9.32. The third-order valence-electron chi connectivity index (χ3n) is 4.85. The fourth-order valence-corrected chi connectivity index (χ4v) is 3.24. The van der Waals surface area contributed by atoms with Crippen molar-refractivity contribution < 1.29 is 32.5 Å². The molecule has 9 heteroatoms. The third kappa shape index (κ3) is 7.27.